The van der Waals surface area contributed by atoms with Crippen molar-refractivity contribution in [3.05, 3.63) is 154 Å². The number of rotatable bonds is 0. The summed E-state index contributed by atoms with van der Waals surface area (Å²) in [4.78, 5) is 0. The summed E-state index contributed by atoms with van der Waals surface area (Å²) in [7, 11) is 0. The third-order valence-corrected chi connectivity index (χ3v) is 10.1. The van der Waals surface area contributed by atoms with Crippen molar-refractivity contribution in [3.8, 4) is 22.3 Å². The maximum absolute atomic E-state index is 6.84. The van der Waals surface area contributed by atoms with Gasteiger partial charge in [0.05, 0.1) is 5.41 Å². The van der Waals surface area contributed by atoms with Gasteiger partial charge in [-0.05, 0) is 72.6 Å². The predicted octanol–water partition coefficient (Wildman–Crippen LogP) is 11.0. The summed E-state index contributed by atoms with van der Waals surface area (Å²) in [6.45, 7) is 0. The number of halogens is 1. The van der Waals surface area contributed by atoms with Crippen molar-refractivity contribution in [1.82, 2.24) is 0 Å². The first-order chi connectivity index (χ1) is 20.3. The Morgan fingerprint density at radius 2 is 1.02 bits per heavy atom. The van der Waals surface area contributed by atoms with Gasteiger partial charge in [-0.2, -0.15) is 0 Å². The minimum atomic E-state index is -0.475. The van der Waals surface area contributed by atoms with Crippen LogP contribution in [0.2, 0.25) is 0 Å². The zero-order chi connectivity index (χ0) is 26.9. The van der Waals surface area contributed by atoms with Crippen molar-refractivity contribution >= 4 is 59.4 Å². The SMILES string of the molecule is Brc1cc2c(c3oc4ccccc4c13)-c1c(c3ccccc3c3ccccc13)C21c2ccccc2-c2ccccc21. The molecule has 8 aromatic rings. The average Bonchev–Trinajstić information content (AvgIpc) is 3.66. The van der Waals surface area contributed by atoms with E-state index in [9.17, 15) is 0 Å². The van der Waals surface area contributed by atoms with E-state index < -0.39 is 5.41 Å². The molecule has 2 aliphatic carbocycles. The van der Waals surface area contributed by atoms with Crippen LogP contribution in [0, 0.1) is 0 Å². The molecule has 10 rings (SSSR count). The van der Waals surface area contributed by atoms with Crippen molar-refractivity contribution in [1.29, 1.82) is 0 Å². The number of hydrogen-bond acceptors (Lipinski definition) is 1. The monoisotopic (exact) mass is 584 g/mol. The van der Waals surface area contributed by atoms with E-state index in [1.165, 1.54) is 66.1 Å². The van der Waals surface area contributed by atoms with Gasteiger partial charge in [-0.15, -0.1) is 0 Å². The molecule has 1 heterocycles. The Morgan fingerprint density at radius 1 is 0.488 bits per heavy atom. The number of hydrogen-bond donors (Lipinski definition) is 0. The van der Waals surface area contributed by atoms with E-state index in [0.29, 0.717) is 0 Å². The van der Waals surface area contributed by atoms with Crippen LogP contribution in [0.4, 0.5) is 0 Å². The summed E-state index contributed by atoms with van der Waals surface area (Å²) in [6, 6.07) is 46.7. The molecule has 0 saturated carbocycles. The van der Waals surface area contributed by atoms with E-state index in [0.717, 1.165) is 26.4 Å². The van der Waals surface area contributed by atoms with E-state index >= 15 is 0 Å². The van der Waals surface area contributed by atoms with E-state index in [2.05, 4.69) is 143 Å². The van der Waals surface area contributed by atoms with Crippen molar-refractivity contribution in [3.63, 3.8) is 0 Å². The zero-order valence-corrected chi connectivity index (χ0v) is 23.5. The molecule has 41 heavy (non-hydrogen) atoms. The van der Waals surface area contributed by atoms with Crippen LogP contribution in [-0.2, 0) is 5.41 Å². The highest BCUT2D eigenvalue weighted by molar-refractivity contribution is 9.10. The quantitative estimate of drug-likeness (QED) is 0.161. The highest BCUT2D eigenvalue weighted by atomic mass is 79.9. The van der Waals surface area contributed by atoms with Crippen LogP contribution in [0.1, 0.15) is 22.3 Å². The fourth-order valence-electron chi connectivity index (χ4n) is 8.12. The Labute approximate surface area is 244 Å². The molecule has 1 nitrogen and oxygen atoms in total. The van der Waals surface area contributed by atoms with Crippen molar-refractivity contribution in [2.75, 3.05) is 0 Å². The Hall–Kier alpha value is -4.66. The number of fused-ring (bicyclic) bond motifs is 19. The smallest absolute Gasteiger partial charge is 0.144 e. The fraction of sp³-hybridized carbons (Fsp3) is 0.0256. The van der Waals surface area contributed by atoms with Crippen LogP contribution in [0.5, 0.6) is 0 Å². The maximum Gasteiger partial charge on any atom is 0.144 e. The van der Waals surface area contributed by atoms with Gasteiger partial charge in [0.15, 0.2) is 0 Å². The molecule has 1 spiro atoms. The average molecular weight is 586 g/mol. The summed E-state index contributed by atoms with van der Waals surface area (Å²) in [5.74, 6) is 0. The number of para-hydroxylation sites is 1. The standard InChI is InChI=1S/C39H21BrO/c40-32-21-31-36(38-34(32)28-17-7-10-20-33(28)41-38)35-26-15-3-1-11-22(26)23-12-2-4-16-27(23)37(35)39(31)29-18-8-5-13-24(29)25-14-6-9-19-30(25)39/h1-21H. The Bertz CT molecular complexity index is 2400. The number of furan rings is 1. The molecule has 0 amide bonds. The lowest BCUT2D eigenvalue weighted by Crippen LogP contribution is -2.26. The molecule has 0 fully saturated rings. The second-order valence-corrected chi connectivity index (χ2v) is 12.1. The maximum atomic E-state index is 6.84. The third kappa shape index (κ3) is 2.46. The van der Waals surface area contributed by atoms with Crippen LogP contribution in [0.3, 0.4) is 0 Å². The highest BCUT2D eigenvalue weighted by Gasteiger charge is 2.54. The zero-order valence-electron chi connectivity index (χ0n) is 21.9. The van der Waals surface area contributed by atoms with Crippen LogP contribution in [0.25, 0.3) is 65.7 Å². The first-order valence-electron chi connectivity index (χ1n) is 14.1. The van der Waals surface area contributed by atoms with Gasteiger partial charge in [-0.3, -0.25) is 0 Å². The van der Waals surface area contributed by atoms with E-state index in [4.69, 9.17) is 4.42 Å². The van der Waals surface area contributed by atoms with Gasteiger partial charge >= 0.3 is 0 Å². The van der Waals surface area contributed by atoms with E-state index in [1.807, 2.05) is 0 Å². The Kier molecular flexibility index (Phi) is 4.06. The Balaban J connectivity index is 1.56. The highest BCUT2D eigenvalue weighted by Crippen LogP contribution is 2.67. The molecule has 190 valence electrons. The van der Waals surface area contributed by atoms with Crippen molar-refractivity contribution in [2.24, 2.45) is 0 Å². The molecule has 0 unspecified atom stereocenters. The molecule has 0 atom stereocenters. The molecular formula is C39H21BrO. The van der Waals surface area contributed by atoms with Gasteiger partial charge in [0.25, 0.3) is 0 Å². The van der Waals surface area contributed by atoms with Crippen LogP contribution in [0.15, 0.2) is 136 Å². The summed E-state index contributed by atoms with van der Waals surface area (Å²) >= 11 is 4.05. The largest absolute Gasteiger partial charge is 0.455 e. The summed E-state index contributed by atoms with van der Waals surface area (Å²) in [5.41, 5.74) is 11.8. The van der Waals surface area contributed by atoms with E-state index in [-0.39, 0.29) is 0 Å². The summed E-state index contributed by atoms with van der Waals surface area (Å²) in [5, 5.41) is 7.40. The van der Waals surface area contributed by atoms with Crippen LogP contribution in [-0.4, -0.2) is 0 Å². The normalized spacial score (nSPS) is 14.2. The minimum Gasteiger partial charge on any atom is -0.455 e. The lowest BCUT2D eigenvalue weighted by atomic mass is 9.69. The van der Waals surface area contributed by atoms with E-state index in [1.54, 1.807) is 0 Å². The molecule has 2 heteroatoms. The third-order valence-electron chi connectivity index (χ3n) is 9.52. The second kappa shape index (κ2) is 7.54. The van der Waals surface area contributed by atoms with Gasteiger partial charge < -0.3 is 4.42 Å². The van der Waals surface area contributed by atoms with Crippen molar-refractivity contribution < 1.29 is 4.42 Å². The minimum absolute atomic E-state index is 0.475. The molecule has 1 aromatic heterocycles. The van der Waals surface area contributed by atoms with Crippen LogP contribution >= 0.6 is 15.9 Å². The van der Waals surface area contributed by atoms with Crippen molar-refractivity contribution in [2.45, 2.75) is 5.41 Å². The number of benzene rings is 7. The molecular weight excluding hydrogens is 564 g/mol. The molecule has 0 N–H and O–H groups in total. The lowest BCUT2D eigenvalue weighted by Gasteiger charge is -2.31. The fourth-order valence-corrected chi connectivity index (χ4v) is 8.74. The van der Waals surface area contributed by atoms with Crippen LogP contribution < -0.4 is 0 Å². The molecule has 0 saturated heterocycles. The summed E-state index contributed by atoms with van der Waals surface area (Å²) in [6.07, 6.45) is 0. The Morgan fingerprint density at radius 3 is 1.73 bits per heavy atom. The second-order valence-electron chi connectivity index (χ2n) is 11.3. The van der Waals surface area contributed by atoms with Gasteiger partial charge in [-0.1, -0.05) is 131 Å². The molecule has 7 aromatic carbocycles. The summed E-state index contributed by atoms with van der Waals surface area (Å²) < 4.78 is 7.91. The topological polar surface area (TPSA) is 13.1 Å². The van der Waals surface area contributed by atoms with Gasteiger partial charge in [0.1, 0.15) is 11.2 Å². The lowest BCUT2D eigenvalue weighted by molar-refractivity contribution is 0.669. The predicted molar refractivity (Wildman–Crippen MR) is 173 cm³/mol. The molecule has 0 bridgehead atoms. The van der Waals surface area contributed by atoms with Gasteiger partial charge in [0, 0.05) is 20.8 Å². The first-order valence-corrected chi connectivity index (χ1v) is 14.9. The molecule has 0 radical (unpaired) electrons. The molecule has 2 aliphatic rings. The van der Waals surface area contributed by atoms with Gasteiger partial charge in [0.2, 0.25) is 0 Å². The first kappa shape index (κ1) is 22.1. The van der Waals surface area contributed by atoms with Gasteiger partial charge in [-0.25, -0.2) is 0 Å². The molecule has 0 aliphatic heterocycles.